The highest BCUT2D eigenvalue weighted by Gasteiger charge is 2.24. The van der Waals surface area contributed by atoms with Crippen LogP contribution in [0.3, 0.4) is 0 Å². The highest BCUT2D eigenvalue weighted by atomic mass is 19.1. The van der Waals surface area contributed by atoms with Crippen LogP contribution in [0.25, 0.3) is 0 Å². The van der Waals surface area contributed by atoms with Gasteiger partial charge in [0.05, 0.1) is 13.7 Å². The Balaban J connectivity index is 1.48. The fourth-order valence-electron chi connectivity index (χ4n) is 3.31. The smallest absolute Gasteiger partial charge is 0.254 e. The minimum atomic E-state index is -0.288. The number of ether oxygens (including phenoxy) is 1. The summed E-state index contributed by atoms with van der Waals surface area (Å²) in [7, 11) is 3.32. The van der Waals surface area contributed by atoms with Crippen molar-refractivity contribution in [2.45, 2.75) is 6.54 Å². The van der Waals surface area contributed by atoms with E-state index in [2.05, 4.69) is 4.90 Å². The van der Waals surface area contributed by atoms with E-state index in [4.69, 9.17) is 4.74 Å². The number of benzene rings is 2. The van der Waals surface area contributed by atoms with E-state index in [1.165, 1.54) is 12.1 Å². The van der Waals surface area contributed by atoms with Gasteiger partial charge >= 0.3 is 0 Å². The third kappa shape index (κ3) is 5.54. The molecule has 2 aromatic rings. The number of carbonyl (C=O) groups excluding carboxylic acids is 2. The standard InChI is InChI=1S/C22H26FN3O3/c1-24(15-17-6-8-19(23)9-7-17)21(27)16-25-10-12-26(13-11-25)22(28)18-4-3-5-20(14-18)29-2/h3-9,14H,10-13,15-16H2,1-2H3. The topological polar surface area (TPSA) is 53.1 Å². The Bertz CT molecular complexity index is 849. The van der Waals surface area contributed by atoms with Gasteiger partial charge in [-0.25, -0.2) is 4.39 Å². The van der Waals surface area contributed by atoms with Gasteiger partial charge in [-0.3, -0.25) is 14.5 Å². The van der Waals surface area contributed by atoms with Crippen LogP contribution in [0.4, 0.5) is 4.39 Å². The Morgan fingerprint density at radius 3 is 2.41 bits per heavy atom. The van der Waals surface area contributed by atoms with Crippen molar-refractivity contribution in [2.75, 3.05) is 46.9 Å². The van der Waals surface area contributed by atoms with E-state index in [1.807, 2.05) is 6.07 Å². The van der Waals surface area contributed by atoms with Crippen LogP contribution in [0.1, 0.15) is 15.9 Å². The van der Waals surface area contributed by atoms with Crippen molar-refractivity contribution in [3.63, 3.8) is 0 Å². The van der Waals surface area contributed by atoms with E-state index in [9.17, 15) is 14.0 Å². The quantitative estimate of drug-likeness (QED) is 0.748. The fraction of sp³-hybridized carbons (Fsp3) is 0.364. The highest BCUT2D eigenvalue weighted by Crippen LogP contribution is 2.15. The predicted molar refractivity (Wildman–Crippen MR) is 108 cm³/mol. The van der Waals surface area contributed by atoms with Crippen molar-refractivity contribution in [3.8, 4) is 5.75 Å². The lowest BCUT2D eigenvalue weighted by Gasteiger charge is -2.35. The molecular formula is C22H26FN3O3. The Morgan fingerprint density at radius 1 is 1.07 bits per heavy atom. The number of amides is 2. The van der Waals surface area contributed by atoms with E-state index in [-0.39, 0.29) is 17.6 Å². The average molecular weight is 399 g/mol. The highest BCUT2D eigenvalue weighted by molar-refractivity contribution is 5.94. The lowest BCUT2D eigenvalue weighted by atomic mass is 10.1. The van der Waals surface area contributed by atoms with Crippen LogP contribution in [0.2, 0.25) is 0 Å². The van der Waals surface area contributed by atoms with Gasteiger partial charge in [0.15, 0.2) is 0 Å². The van der Waals surface area contributed by atoms with Crippen molar-refractivity contribution in [2.24, 2.45) is 0 Å². The molecule has 154 valence electrons. The molecular weight excluding hydrogens is 373 g/mol. The van der Waals surface area contributed by atoms with E-state index in [0.29, 0.717) is 50.6 Å². The van der Waals surface area contributed by atoms with Gasteiger partial charge in [-0.1, -0.05) is 18.2 Å². The van der Waals surface area contributed by atoms with Crippen LogP contribution in [0.15, 0.2) is 48.5 Å². The number of hydrogen-bond acceptors (Lipinski definition) is 4. The minimum absolute atomic E-state index is 0.00176. The van der Waals surface area contributed by atoms with Gasteiger partial charge in [0.25, 0.3) is 5.91 Å². The third-order valence-electron chi connectivity index (χ3n) is 5.09. The summed E-state index contributed by atoms with van der Waals surface area (Å²) in [6.07, 6.45) is 0. The molecule has 1 aliphatic rings. The maximum absolute atomic E-state index is 13.0. The predicted octanol–water partition coefficient (Wildman–Crippen LogP) is 2.25. The Kier molecular flexibility index (Phi) is 6.82. The monoisotopic (exact) mass is 399 g/mol. The van der Waals surface area contributed by atoms with E-state index < -0.39 is 0 Å². The van der Waals surface area contributed by atoms with Crippen molar-refractivity contribution >= 4 is 11.8 Å². The summed E-state index contributed by atoms with van der Waals surface area (Å²) in [5.74, 6) is 0.346. The van der Waals surface area contributed by atoms with Crippen LogP contribution in [0.5, 0.6) is 5.75 Å². The summed E-state index contributed by atoms with van der Waals surface area (Å²) in [4.78, 5) is 30.7. The number of carbonyl (C=O) groups is 2. The van der Waals surface area contributed by atoms with E-state index in [0.717, 1.165) is 5.56 Å². The third-order valence-corrected chi connectivity index (χ3v) is 5.09. The molecule has 0 aromatic heterocycles. The largest absolute Gasteiger partial charge is 0.497 e. The molecule has 2 amide bonds. The van der Waals surface area contributed by atoms with Crippen LogP contribution < -0.4 is 4.74 Å². The first kappa shape index (κ1) is 20.8. The second-order valence-corrected chi connectivity index (χ2v) is 7.18. The first-order valence-corrected chi connectivity index (χ1v) is 9.60. The molecule has 0 bridgehead atoms. The number of piperazine rings is 1. The van der Waals surface area contributed by atoms with Gasteiger partial charge in [-0.05, 0) is 35.9 Å². The van der Waals surface area contributed by atoms with Gasteiger partial charge in [0.1, 0.15) is 11.6 Å². The Labute approximate surface area is 170 Å². The maximum Gasteiger partial charge on any atom is 0.254 e. The average Bonchev–Trinajstić information content (AvgIpc) is 2.75. The molecule has 0 N–H and O–H groups in total. The SMILES string of the molecule is COc1cccc(C(=O)N2CCN(CC(=O)N(C)Cc3ccc(F)cc3)CC2)c1. The summed E-state index contributed by atoms with van der Waals surface area (Å²) in [5.41, 5.74) is 1.49. The first-order chi connectivity index (χ1) is 14.0. The van der Waals surface area contributed by atoms with Gasteiger partial charge in [0, 0.05) is 45.3 Å². The molecule has 0 aliphatic carbocycles. The fourth-order valence-corrected chi connectivity index (χ4v) is 3.31. The molecule has 3 rings (SSSR count). The summed E-state index contributed by atoms with van der Waals surface area (Å²) in [6.45, 7) is 3.18. The zero-order valence-corrected chi connectivity index (χ0v) is 16.8. The normalized spacial score (nSPS) is 14.5. The van der Waals surface area contributed by atoms with Crippen LogP contribution in [-0.2, 0) is 11.3 Å². The van der Waals surface area contributed by atoms with E-state index in [1.54, 1.807) is 54.3 Å². The molecule has 1 fully saturated rings. The van der Waals surface area contributed by atoms with Gasteiger partial charge in [-0.15, -0.1) is 0 Å². The summed E-state index contributed by atoms with van der Waals surface area (Å²) >= 11 is 0. The zero-order valence-electron chi connectivity index (χ0n) is 16.8. The summed E-state index contributed by atoms with van der Waals surface area (Å²) in [6, 6.07) is 13.3. The molecule has 0 saturated carbocycles. The molecule has 6 nitrogen and oxygen atoms in total. The molecule has 0 spiro atoms. The van der Waals surface area contributed by atoms with Gasteiger partial charge in [0.2, 0.25) is 5.91 Å². The van der Waals surface area contributed by atoms with Crippen molar-refractivity contribution in [3.05, 3.63) is 65.5 Å². The lowest BCUT2D eigenvalue weighted by molar-refractivity contribution is -0.132. The molecule has 29 heavy (non-hydrogen) atoms. The van der Waals surface area contributed by atoms with Crippen LogP contribution >= 0.6 is 0 Å². The molecule has 1 heterocycles. The Hall–Kier alpha value is -2.93. The number of methoxy groups -OCH3 is 1. The first-order valence-electron chi connectivity index (χ1n) is 9.60. The van der Waals surface area contributed by atoms with Crippen molar-refractivity contribution in [1.82, 2.24) is 14.7 Å². The second-order valence-electron chi connectivity index (χ2n) is 7.18. The van der Waals surface area contributed by atoms with Crippen LogP contribution in [0, 0.1) is 5.82 Å². The van der Waals surface area contributed by atoms with Crippen molar-refractivity contribution in [1.29, 1.82) is 0 Å². The molecule has 7 heteroatoms. The zero-order chi connectivity index (χ0) is 20.8. The number of likely N-dealkylation sites (N-methyl/N-ethyl adjacent to an activating group) is 1. The summed E-state index contributed by atoms with van der Waals surface area (Å²) < 4.78 is 18.2. The molecule has 0 unspecified atom stereocenters. The molecule has 2 aromatic carbocycles. The number of rotatable bonds is 6. The Morgan fingerprint density at radius 2 is 1.76 bits per heavy atom. The number of nitrogens with zero attached hydrogens (tertiary/aromatic N) is 3. The van der Waals surface area contributed by atoms with Gasteiger partial charge < -0.3 is 14.5 Å². The van der Waals surface area contributed by atoms with Crippen molar-refractivity contribution < 1.29 is 18.7 Å². The number of halogens is 1. The number of hydrogen-bond donors (Lipinski definition) is 0. The van der Waals surface area contributed by atoms with Gasteiger partial charge in [-0.2, -0.15) is 0 Å². The van der Waals surface area contributed by atoms with E-state index >= 15 is 0 Å². The minimum Gasteiger partial charge on any atom is -0.497 e. The molecule has 0 radical (unpaired) electrons. The maximum atomic E-state index is 13.0. The molecule has 1 aliphatic heterocycles. The van der Waals surface area contributed by atoms with Crippen LogP contribution in [-0.4, -0.2) is 73.4 Å². The lowest BCUT2D eigenvalue weighted by Crippen LogP contribution is -2.51. The molecule has 0 atom stereocenters. The second kappa shape index (κ2) is 9.52. The molecule has 1 saturated heterocycles. The summed E-state index contributed by atoms with van der Waals surface area (Å²) in [5, 5.41) is 0.